The molecule has 0 N–H and O–H groups in total. The normalized spacial score (nSPS) is 10.8. The summed E-state index contributed by atoms with van der Waals surface area (Å²) >= 11 is 0. The Labute approximate surface area is 161 Å². The van der Waals surface area contributed by atoms with Gasteiger partial charge in [0, 0.05) is 0 Å². The highest BCUT2D eigenvalue weighted by Crippen LogP contribution is 2.27. The summed E-state index contributed by atoms with van der Waals surface area (Å²) in [6, 6.07) is 21.2. The summed E-state index contributed by atoms with van der Waals surface area (Å²) < 4.78 is 15.8. The Morgan fingerprint density at radius 1 is 1.00 bits per heavy atom. The summed E-state index contributed by atoms with van der Waals surface area (Å²) in [4.78, 5) is 16.6. The Balaban J connectivity index is 1.42. The standard InChI is InChI=1S/C22H18N2O4/c1-26-19-12-5-4-11-18(19)22-23-20(28-24-22)14-27-21(25)13-16-9-6-8-15-7-2-3-10-17(15)16/h2-12H,13-14H2,1H3. The molecule has 4 rings (SSSR count). The number of nitrogens with zero attached hydrogens (tertiary/aromatic N) is 2. The van der Waals surface area contributed by atoms with Crippen LogP contribution in [-0.4, -0.2) is 23.2 Å². The number of carbonyl (C=O) groups is 1. The second-order valence-corrected chi connectivity index (χ2v) is 6.19. The quantitative estimate of drug-likeness (QED) is 0.471. The van der Waals surface area contributed by atoms with Gasteiger partial charge in [0.1, 0.15) is 5.75 Å². The second kappa shape index (κ2) is 7.92. The van der Waals surface area contributed by atoms with Crippen LogP contribution in [-0.2, 0) is 22.6 Å². The zero-order chi connectivity index (χ0) is 19.3. The molecule has 6 heteroatoms. The highest BCUT2D eigenvalue weighted by molar-refractivity contribution is 5.88. The average molecular weight is 374 g/mol. The third-order valence-corrected chi connectivity index (χ3v) is 4.39. The summed E-state index contributed by atoms with van der Waals surface area (Å²) in [6.45, 7) is -0.0776. The molecule has 0 saturated heterocycles. The minimum atomic E-state index is -0.353. The molecule has 28 heavy (non-hydrogen) atoms. The van der Waals surface area contributed by atoms with Crippen molar-refractivity contribution in [3.05, 3.63) is 78.2 Å². The minimum Gasteiger partial charge on any atom is -0.496 e. The van der Waals surface area contributed by atoms with Crippen molar-refractivity contribution in [3.63, 3.8) is 0 Å². The van der Waals surface area contributed by atoms with Gasteiger partial charge in [-0.05, 0) is 28.5 Å². The number of para-hydroxylation sites is 1. The van der Waals surface area contributed by atoms with E-state index in [1.165, 1.54) is 0 Å². The predicted octanol–water partition coefficient (Wildman–Crippen LogP) is 4.18. The van der Waals surface area contributed by atoms with Gasteiger partial charge in [-0.25, -0.2) is 0 Å². The summed E-state index contributed by atoms with van der Waals surface area (Å²) in [7, 11) is 1.58. The maximum atomic E-state index is 12.3. The number of esters is 1. The van der Waals surface area contributed by atoms with Crippen LogP contribution in [0.2, 0.25) is 0 Å². The Bertz CT molecular complexity index is 1110. The number of carbonyl (C=O) groups excluding carboxylic acids is 1. The first-order chi connectivity index (χ1) is 13.7. The number of fused-ring (bicyclic) bond motifs is 1. The molecule has 0 aliphatic heterocycles. The van der Waals surface area contributed by atoms with Crippen LogP contribution in [0, 0.1) is 0 Å². The van der Waals surface area contributed by atoms with Crippen LogP contribution in [0.5, 0.6) is 5.75 Å². The van der Waals surface area contributed by atoms with Gasteiger partial charge in [0.15, 0.2) is 6.61 Å². The first-order valence-electron chi connectivity index (χ1n) is 8.83. The van der Waals surface area contributed by atoms with Crippen molar-refractivity contribution in [2.24, 2.45) is 0 Å². The van der Waals surface area contributed by atoms with Crippen LogP contribution in [0.3, 0.4) is 0 Å². The highest BCUT2D eigenvalue weighted by atomic mass is 16.6. The van der Waals surface area contributed by atoms with E-state index in [0.29, 0.717) is 17.1 Å². The van der Waals surface area contributed by atoms with Gasteiger partial charge in [0.25, 0.3) is 5.89 Å². The zero-order valence-electron chi connectivity index (χ0n) is 15.3. The Kier molecular flexibility index (Phi) is 5.01. The molecule has 0 radical (unpaired) electrons. The summed E-state index contributed by atoms with van der Waals surface area (Å²) in [5.41, 5.74) is 1.63. The molecule has 0 bridgehead atoms. The Hall–Kier alpha value is -3.67. The molecule has 4 aromatic rings. The fourth-order valence-electron chi connectivity index (χ4n) is 3.05. The zero-order valence-corrected chi connectivity index (χ0v) is 15.3. The van der Waals surface area contributed by atoms with Gasteiger partial charge in [-0.3, -0.25) is 4.79 Å². The van der Waals surface area contributed by atoms with Crippen molar-refractivity contribution in [2.75, 3.05) is 7.11 Å². The molecule has 1 heterocycles. The molecule has 0 aliphatic carbocycles. The molecule has 140 valence electrons. The molecule has 0 unspecified atom stereocenters. The number of methoxy groups -OCH3 is 1. The van der Waals surface area contributed by atoms with Gasteiger partial charge in [-0.15, -0.1) is 0 Å². The third kappa shape index (κ3) is 3.71. The minimum absolute atomic E-state index is 0.0776. The first-order valence-corrected chi connectivity index (χ1v) is 8.83. The first kappa shape index (κ1) is 17.7. The molecule has 0 saturated carbocycles. The van der Waals surface area contributed by atoms with Crippen LogP contribution in [0.4, 0.5) is 0 Å². The second-order valence-electron chi connectivity index (χ2n) is 6.19. The largest absolute Gasteiger partial charge is 0.496 e. The van der Waals surface area contributed by atoms with Gasteiger partial charge in [-0.2, -0.15) is 4.98 Å². The van der Waals surface area contributed by atoms with Crippen molar-refractivity contribution in [2.45, 2.75) is 13.0 Å². The summed E-state index contributed by atoms with van der Waals surface area (Å²) in [6.07, 6.45) is 0.175. The monoisotopic (exact) mass is 374 g/mol. The number of ether oxygens (including phenoxy) is 2. The Morgan fingerprint density at radius 2 is 1.79 bits per heavy atom. The molecule has 6 nitrogen and oxygen atoms in total. The van der Waals surface area contributed by atoms with E-state index < -0.39 is 0 Å². The maximum absolute atomic E-state index is 12.3. The van der Waals surface area contributed by atoms with Crippen LogP contribution in [0.1, 0.15) is 11.5 Å². The Morgan fingerprint density at radius 3 is 2.68 bits per heavy atom. The third-order valence-electron chi connectivity index (χ3n) is 4.39. The van der Waals surface area contributed by atoms with E-state index in [4.69, 9.17) is 14.0 Å². The maximum Gasteiger partial charge on any atom is 0.310 e. The molecule has 0 aliphatic rings. The lowest BCUT2D eigenvalue weighted by molar-refractivity contribution is -0.144. The molecule has 0 atom stereocenters. The molecular formula is C22H18N2O4. The SMILES string of the molecule is COc1ccccc1-c1noc(COC(=O)Cc2cccc3ccccc23)n1. The number of aromatic nitrogens is 2. The van der Waals surface area contributed by atoms with Crippen molar-refractivity contribution in [1.82, 2.24) is 10.1 Å². The van der Waals surface area contributed by atoms with Crippen molar-refractivity contribution >= 4 is 16.7 Å². The molecule has 0 fully saturated rings. The number of benzene rings is 3. The van der Waals surface area contributed by atoms with Crippen molar-refractivity contribution in [3.8, 4) is 17.1 Å². The van der Waals surface area contributed by atoms with Gasteiger partial charge in [-0.1, -0.05) is 59.8 Å². The van der Waals surface area contributed by atoms with Crippen LogP contribution >= 0.6 is 0 Å². The van der Waals surface area contributed by atoms with E-state index in [1.807, 2.05) is 66.7 Å². The van der Waals surface area contributed by atoms with Crippen molar-refractivity contribution in [1.29, 1.82) is 0 Å². The fourth-order valence-corrected chi connectivity index (χ4v) is 3.05. The van der Waals surface area contributed by atoms with Gasteiger partial charge >= 0.3 is 5.97 Å². The lowest BCUT2D eigenvalue weighted by Crippen LogP contribution is -2.08. The number of hydrogen-bond acceptors (Lipinski definition) is 6. The van der Waals surface area contributed by atoms with Gasteiger partial charge < -0.3 is 14.0 Å². The topological polar surface area (TPSA) is 74.5 Å². The fraction of sp³-hybridized carbons (Fsp3) is 0.136. The smallest absolute Gasteiger partial charge is 0.310 e. The van der Waals surface area contributed by atoms with E-state index in [-0.39, 0.29) is 24.9 Å². The molecule has 0 spiro atoms. The summed E-state index contributed by atoms with van der Waals surface area (Å²) in [5, 5.41) is 6.07. The van der Waals surface area contributed by atoms with Crippen LogP contribution in [0.25, 0.3) is 22.2 Å². The lowest BCUT2D eigenvalue weighted by atomic mass is 10.0. The average Bonchev–Trinajstić information content (AvgIpc) is 3.21. The van der Waals surface area contributed by atoms with E-state index in [0.717, 1.165) is 16.3 Å². The predicted molar refractivity (Wildman–Crippen MR) is 104 cm³/mol. The number of rotatable bonds is 6. The van der Waals surface area contributed by atoms with E-state index in [2.05, 4.69) is 10.1 Å². The highest BCUT2D eigenvalue weighted by Gasteiger charge is 2.15. The van der Waals surface area contributed by atoms with Gasteiger partial charge in [0.2, 0.25) is 5.82 Å². The van der Waals surface area contributed by atoms with E-state index >= 15 is 0 Å². The van der Waals surface area contributed by atoms with Crippen LogP contribution in [0.15, 0.2) is 71.3 Å². The van der Waals surface area contributed by atoms with E-state index in [1.54, 1.807) is 7.11 Å². The molecular weight excluding hydrogens is 356 g/mol. The van der Waals surface area contributed by atoms with Crippen molar-refractivity contribution < 1.29 is 18.8 Å². The van der Waals surface area contributed by atoms with E-state index in [9.17, 15) is 4.79 Å². The molecule has 1 aromatic heterocycles. The van der Waals surface area contributed by atoms with Crippen LogP contribution < -0.4 is 4.74 Å². The number of hydrogen-bond donors (Lipinski definition) is 0. The molecule has 3 aromatic carbocycles. The van der Waals surface area contributed by atoms with Gasteiger partial charge in [0.05, 0.1) is 19.1 Å². The summed E-state index contributed by atoms with van der Waals surface area (Å²) in [5.74, 6) is 0.904. The molecule has 0 amide bonds. The lowest BCUT2D eigenvalue weighted by Gasteiger charge is -2.06.